The van der Waals surface area contributed by atoms with Gasteiger partial charge in [0.2, 0.25) is 0 Å². The van der Waals surface area contributed by atoms with E-state index in [-0.39, 0.29) is 47.0 Å². The van der Waals surface area contributed by atoms with E-state index < -0.39 is 26.9 Å². The molecule has 0 spiro atoms. The minimum atomic E-state index is -3.16. The van der Waals surface area contributed by atoms with E-state index >= 15 is 0 Å². The number of aromatic nitrogens is 7. The molecule has 12 heteroatoms. The Labute approximate surface area is 245 Å². The van der Waals surface area contributed by atoms with Gasteiger partial charge in [0.1, 0.15) is 27.8 Å². The number of aryl methyl sites for hydroxylation is 1. The van der Waals surface area contributed by atoms with Crippen molar-refractivity contribution in [2.45, 2.75) is 72.1 Å². The van der Waals surface area contributed by atoms with Crippen molar-refractivity contribution in [2.75, 3.05) is 11.5 Å². The summed E-state index contributed by atoms with van der Waals surface area (Å²) in [5.41, 5.74) is 1.40. The number of sulfone groups is 1. The van der Waals surface area contributed by atoms with E-state index in [1.807, 2.05) is 13.0 Å². The van der Waals surface area contributed by atoms with Gasteiger partial charge in [0.15, 0.2) is 5.82 Å². The minimum Gasteiger partial charge on any atom is -0.229 e. The molecule has 0 unspecified atom stereocenters. The molecule has 0 N–H and O–H groups in total. The molecule has 3 heterocycles. The largest absolute Gasteiger partial charge is 0.252 e. The summed E-state index contributed by atoms with van der Waals surface area (Å²) in [6.07, 6.45) is 4.73. The molecular formula is C30H37F2N7O2S. The van der Waals surface area contributed by atoms with Crippen LogP contribution in [0.4, 0.5) is 8.78 Å². The molecule has 0 aliphatic rings. The Bertz CT molecular complexity index is 1640. The van der Waals surface area contributed by atoms with Gasteiger partial charge in [-0.3, -0.25) is 0 Å². The van der Waals surface area contributed by atoms with Gasteiger partial charge >= 0.3 is 0 Å². The fourth-order valence-corrected chi connectivity index (χ4v) is 5.88. The van der Waals surface area contributed by atoms with E-state index in [1.165, 1.54) is 29.2 Å². The van der Waals surface area contributed by atoms with Crippen molar-refractivity contribution in [1.29, 1.82) is 0 Å². The van der Waals surface area contributed by atoms with Crippen LogP contribution in [0.5, 0.6) is 0 Å². The molecule has 42 heavy (non-hydrogen) atoms. The zero-order valence-electron chi connectivity index (χ0n) is 24.8. The Morgan fingerprint density at radius 1 is 1.02 bits per heavy atom. The Hall–Kier alpha value is -3.67. The molecule has 0 amide bonds. The highest BCUT2D eigenvalue weighted by Crippen LogP contribution is 2.41. The maximum atomic E-state index is 14.7. The lowest BCUT2D eigenvalue weighted by Crippen LogP contribution is -2.31. The van der Waals surface area contributed by atoms with E-state index in [4.69, 9.17) is 4.98 Å². The number of halogens is 2. The first-order valence-corrected chi connectivity index (χ1v) is 16.0. The highest BCUT2D eigenvalue weighted by atomic mass is 32.2. The fourth-order valence-electron chi connectivity index (χ4n) is 5.10. The van der Waals surface area contributed by atoms with Crippen LogP contribution in [0.1, 0.15) is 83.1 Å². The number of hydrogen-bond acceptors (Lipinski definition) is 8. The van der Waals surface area contributed by atoms with Crippen molar-refractivity contribution < 1.29 is 17.2 Å². The average molecular weight is 598 g/mol. The van der Waals surface area contributed by atoms with Gasteiger partial charge in [-0.05, 0) is 61.4 Å². The highest BCUT2D eigenvalue weighted by Gasteiger charge is 2.37. The second kappa shape index (κ2) is 12.7. The van der Waals surface area contributed by atoms with Crippen molar-refractivity contribution >= 4 is 9.84 Å². The van der Waals surface area contributed by atoms with Crippen LogP contribution in [-0.2, 0) is 21.7 Å². The van der Waals surface area contributed by atoms with Gasteiger partial charge in [-0.15, -0.1) is 10.2 Å². The molecule has 0 fully saturated rings. The van der Waals surface area contributed by atoms with Crippen molar-refractivity contribution in [2.24, 2.45) is 5.92 Å². The monoisotopic (exact) mass is 597 g/mol. The normalized spacial score (nSPS) is 14.2. The van der Waals surface area contributed by atoms with E-state index in [0.717, 1.165) is 12.0 Å². The Morgan fingerprint density at radius 3 is 2.38 bits per heavy atom. The van der Waals surface area contributed by atoms with Gasteiger partial charge in [0.05, 0.1) is 33.8 Å². The van der Waals surface area contributed by atoms with Crippen LogP contribution >= 0.6 is 0 Å². The van der Waals surface area contributed by atoms with Gasteiger partial charge in [-0.1, -0.05) is 40.7 Å². The molecule has 0 saturated carbocycles. The van der Waals surface area contributed by atoms with Crippen molar-refractivity contribution in [3.63, 3.8) is 0 Å². The molecule has 9 nitrogen and oxygen atoms in total. The van der Waals surface area contributed by atoms with Gasteiger partial charge < -0.3 is 0 Å². The third kappa shape index (κ3) is 6.69. The first-order valence-electron chi connectivity index (χ1n) is 14.2. The summed E-state index contributed by atoms with van der Waals surface area (Å²) >= 11 is 0. The van der Waals surface area contributed by atoms with Crippen molar-refractivity contribution in [1.82, 2.24) is 34.9 Å². The fraction of sp³-hybridized carbons (Fsp3) is 0.467. The molecule has 3 aromatic heterocycles. The first kappa shape index (κ1) is 31.3. The number of benzene rings is 1. The van der Waals surface area contributed by atoms with Crippen LogP contribution in [0.3, 0.4) is 0 Å². The highest BCUT2D eigenvalue weighted by molar-refractivity contribution is 7.91. The summed E-state index contributed by atoms with van der Waals surface area (Å²) in [6, 6.07) is 7.31. The minimum absolute atomic E-state index is 0.0224. The second-order valence-corrected chi connectivity index (χ2v) is 13.7. The van der Waals surface area contributed by atoms with E-state index in [2.05, 4.69) is 53.0 Å². The smallest absolute Gasteiger partial charge is 0.229 e. The maximum Gasteiger partial charge on any atom is 0.252 e. The Kier molecular flexibility index (Phi) is 9.44. The van der Waals surface area contributed by atoms with Crippen molar-refractivity contribution in [3.8, 4) is 17.2 Å². The van der Waals surface area contributed by atoms with Crippen LogP contribution in [0.2, 0.25) is 0 Å². The van der Waals surface area contributed by atoms with Crippen LogP contribution < -0.4 is 0 Å². The molecule has 0 saturated heterocycles. The summed E-state index contributed by atoms with van der Waals surface area (Å²) in [6.45, 7) is 12.0. The molecule has 4 rings (SSSR count). The van der Waals surface area contributed by atoms with Crippen LogP contribution in [-0.4, -0.2) is 54.9 Å². The topological polar surface area (TPSA) is 116 Å². The van der Waals surface area contributed by atoms with Crippen molar-refractivity contribution in [3.05, 3.63) is 77.3 Å². The summed E-state index contributed by atoms with van der Waals surface area (Å²) in [5.74, 6) is -0.449. The average Bonchev–Trinajstić information content (AvgIpc) is 3.44. The SMILES string of the molecule is CC[C@H](C)c1cc(-c2c(F)cccc2F)nnc1[C@@](C)(CC(C)C)c1ccnc(-n2cnc(CCS(=O)(=O)CC)n2)n1. The van der Waals surface area contributed by atoms with Crippen LogP contribution in [0.25, 0.3) is 17.2 Å². The van der Waals surface area contributed by atoms with Crippen LogP contribution in [0, 0.1) is 17.6 Å². The molecule has 0 bridgehead atoms. The molecular weight excluding hydrogens is 560 g/mol. The molecule has 4 aromatic rings. The lowest BCUT2D eigenvalue weighted by molar-refractivity contribution is 0.400. The predicted octanol–water partition coefficient (Wildman–Crippen LogP) is 5.64. The van der Waals surface area contributed by atoms with Gasteiger partial charge in [0.25, 0.3) is 5.95 Å². The second-order valence-electron chi connectivity index (χ2n) is 11.2. The molecule has 0 radical (unpaired) electrons. The third-order valence-corrected chi connectivity index (χ3v) is 9.26. The Balaban J connectivity index is 1.80. The lowest BCUT2D eigenvalue weighted by atomic mass is 9.73. The maximum absolute atomic E-state index is 14.7. The molecule has 0 aliphatic carbocycles. The summed E-state index contributed by atoms with van der Waals surface area (Å²) in [4.78, 5) is 13.5. The zero-order chi connectivity index (χ0) is 30.7. The summed E-state index contributed by atoms with van der Waals surface area (Å²) in [7, 11) is -3.16. The van der Waals surface area contributed by atoms with E-state index in [9.17, 15) is 17.2 Å². The zero-order valence-corrected chi connectivity index (χ0v) is 25.7. The van der Waals surface area contributed by atoms with Gasteiger partial charge in [-0.25, -0.2) is 32.2 Å². The standard InChI is InChI=1S/C30H37F2N7O2S/c1-7-20(5)21-16-24(27-22(31)10-9-11-23(27)32)36-37-28(21)30(6,17-19(3)4)25-12-14-33-29(35-25)39-18-34-26(38-39)13-15-42(40,41)8-2/h9-12,14,16,18-20H,7-8,13,15,17H2,1-6H3/t20-,30-/m0/s1. The quantitative estimate of drug-likeness (QED) is 0.206. The third-order valence-electron chi connectivity index (χ3n) is 7.55. The van der Waals surface area contributed by atoms with Gasteiger partial charge in [0, 0.05) is 18.4 Å². The first-order chi connectivity index (χ1) is 19.9. The number of hydrogen-bond donors (Lipinski definition) is 0. The predicted molar refractivity (Wildman–Crippen MR) is 157 cm³/mol. The molecule has 0 aliphatic heterocycles. The van der Waals surface area contributed by atoms with E-state index in [1.54, 1.807) is 19.2 Å². The summed E-state index contributed by atoms with van der Waals surface area (Å²) in [5, 5.41) is 13.4. The number of nitrogens with zero attached hydrogens (tertiary/aromatic N) is 7. The van der Waals surface area contributed by atoms with Crippen LogP contribution in [0.15, 0.2) is 42.9 Å². The molecule has 1 aromatic carbocycles. The summed E-state index contributed by atoms with van der Waals surface area (Å²) < 4.78 is 54.7. The van der Waals surface area contributed by atoms with Gasteiger partial charge in [-0.2, -0.15) is 9.78 Å². The molecule has 2 atom stereocenters. The van der Waals surface area contributed by atoms with E-state index in [0.29, 0.717) is 23.6 Å². The molecule has 224 valence electrons. The Morgan fingerprint density at radius 2 is 1.74 bits per heavy atom. The number of rotatable bonds is 12. The lowest BCUT2D eigenvalue weighted by Gasteiger charge is -2.33.